The van der Waals surface area contributed by atoms with E-state index in [0.717, 1.165) is 0 Å². The average molecular weight is 412 g/mol. The van der Waals surface area contributed by atoms with Gasteiger partial charge in [0.2, 0.25) is 0 Å². The Labute approximate surface area is 177 Å². The van der Waals surface area contributed by atoms with Crippen LogP contribution in [-0.2, 0) is 9.53 Å². The van der Waals surface area contributed by atoms with Gasteiger partial charge in [0.1, 0.15) is 0 Å². The van der Waals surface area contributed by atoms with Gasteiger partial charge in [-0.3, -0.25) is 9.59 Å². The molecule has 0 aliphatic carbocycles. The number of hydrogen-bond acceptors (Lipinski definition) is 6. The summed E-state index contributed by atoms with van der Waals surface area (Å²) in [6.45, 7) is 9.50. The van der Waals surface area contributed by atoms with Gasteiger partial charge in [-0.25, -0.2) is 4.79 Å². The monoisotopic (exact) mass is 412 g/mol. The maximum atomic E-state index is 13.1. The molecule has 0 aromatic heterocycles. The molecule has 30 heavy (non-hydrogen) atoms. The molecule has 0 saturated heterocycles. The van der Waals surface area contributed by atoms with Crippen LogP contribution < -0.4 is 9.47 Å². The van der Waals surface area contributed by atoms with Crippen LogP contribution in [0.4, 0.5) is 0 Å². The minimum absolute atomic E-state index is 0.107. The first kappa shape index (κ1) is 23.1. The van der Waals surface area contributed by atoms with Crippen molar-refractivity contribution in [3.8, 4) is 11.5 Å². The minimum atomic E-state index is -0.715. The van der Waals surface area contributed by atoms with Crippen LogP contribution in [0.2, 0.25) is 0 Å². The Morgan fingerprint density at radius 1 is 0.833 bits per heavy atom. The van der Waals surface area contributed by atoms with E-state index in [0.29, 0.717) is 30.3 Å². The molecule has 2 aromatic carbocycles. The highest BCUT2D eigenvalue weighted by molar-refractivity contribution is 6.14. The van der Waals surface area contributed by atoms with E-state index < -0.39 is 11.4 Å². The van der Waals surface area contributed by atoms with Crippen LogP contribution in [0.1, 0.15) is 60.9 Å². The molecule has 0 bridgehead atoms. The van der Waals surface area contributed by atoms with E-state index in [1.165, 1.54) is 6.07 Å². The summed E-state index contributed by atoms with van der Waals surface area (Å²) >= 11 is 0. The molecule has 2 aromatic rings. The standard InChI is InChI=1S/C24H28O6/c1-6-28-19-13-12-16(14-20(19)29-7-2)22(26)17-10-8-9-11-18(17)23(27)30-15-21(25)24(3,4)5/h8-14H,6-7,15H2,1-5H3. The molecule has 0 unspecified atom stereocenters. The van der Waals surface area contributed by atoms with Crippen molar-refractivity contribution in [3.63, 3.8) is 0 Å². The summed E-state index contributed by atoms with van der Waals surface area (Å²) < 4.78 is 16.3. The molecule has 6 heteroatoms. The van der Waals surface area contributed by atoms with Crippen LogP contribution in [0.5, 0.6) is 11.5 Å². The van der Waals surface area contributed by atoms with E-state index in [1.54, 1.807) is 57.2 Å². The fourth-order valence-electron chi connectivity index (χ4n) is 2.63. The predicted octanol–water partition coefficient (Wildman–Crippen LogP) is 4.49. The number of rotatable bonds is 9. The predicted molar refractivity (Wildman–Crippen MR) is 113 cm³/mol. The van der Waals surface area contributed by atoms with Gasteiger partial charge in [-0.2, -0.15) is 0 Å². The highest BCUT2D eigenvalue weighted by atomic mass is 16.5. The molecule has 0 amide bonds. The Morgan fingerprint density at radius 2 is 1.43 bits per heavy atom. The van der Waals surface area contributed by atoms with Crippen molar-refractivity contribution in [2.24, 2.45) is 5.41 Å². The summed E-state index contributed by atoms with van der Waals surface area (Å²) in [6.07, 6.45) is 0. The van der Waals surface area contributed by atoms with Crippen LogP contribution in [0.25, 0.3) is 0 Å². The average Bonchev–Trinajstić information content (AvgIpc) is 2.72. The van der Waals surface area contributed by atoms with E-state index in [2.05, 4.69) is 0 Å². The Kier molecular flexibility index (Phi) is 7.75. The van der Waals surface area contributed by atoms with Gasteiger partial charge in [0.05, 0.1) is 18.8 Å². The van der Waals surface area contributed by atoms with Crippen LogP contribution >= 0.6 is 0 Å². The van der Waals surface area contributed by atoms with E-state index in [1.807, 2.05) is 13.8 Å². The topological polar surface area (TPSA) is 78.9 Å². The lowest BCUT2D eigenvalue weighted by atomic mass is 9.91. The quantitative estimate of drug-likeness (QED) is 0.446. The maximum absolute atomic E-state index is 13.1. The van der Waals surface area contributed by atoms with Crippen molar-refractivity contribution in [1.29, 1.82) is 0 Å². The molecule has 0 saturated carbocycles. The molecule has 2 rings (SSSR count). The zero-order valence-electron chi connectivity index (χ0n) is 18.1. The number of carbonyl (C=O) groups is 3. The maximum Gasteiger partial charge on any atom is 0.339 e. The molecule has 6 nitrogen and oxygen atoms in total. The lowest BCUT2D eigenvalue weighted by Gasteiger charge is -2.16. The number of ether oxygens (including phenoxy) is 3. The second-order valence-electron chi connectivity index (χ2n) is 7.65. The second-order valence-corrected chi connectivity index (χ2v) is 7.65. The second kappa shape index (κ2) is 10.1. The zero-order chi connectivity index (χ0) is 22.3. The summed E-state index contributed by atoms with van der Waals surface area (Å²) in [5.41, 5.74) is 0.0365. The van der Waals surface area contributed by atoms with Gasteiger partial charge in [-0.1, -0.05) is 39.0 Å². The third kappa shape index (κ3) is 5.69. The normalized spacial score (nSPS) is 11.0. The number of ketones is 2. The molecular formula is C24H28O6. The lowest BCUT2D eigenvalue weighted by molar-refractivity contribution is -0.129. The number of carbonyl (C=O) groups excluding carboxylic acids is 3. The van der Waals surface area contributed by atoms with Gasteiger partial charge in [0.25, 0.3) is 0 Å². The fraction of sp³-hybridized carbons (Fsp3) is 0.375. The van der Waals surface area contributed by atoms with Crippen LogP contribution in [0, 0.1) is 5.41 Å². The van der Waals surface area contributed by atoms with Crippen LogP contribution in [0.3, 0.4) is 0 Å². The Hall–Kier alpha value is -3.15. The highest BCUT2D eigenvalue weighted by Gasteiger charge is 2.25. The van der Waals surface area contributed by atoms with Crippen molar-refractivity contribution in [2.45, 2.75) is 34.6 Å². The number of Topliss-reactive ketones (excluding diaryl/α,β-unsaturated/α-hetero) is 1. The zero-order valence-corrected chi connectivity index (χ0v) is 18.1. The van der Waals surface area contributed by atoms with Gasteiger partial charge in [-0.15, -0.1) is 0 Å². The van der Waals surface area contributed by atoms with Gasteiger partial charge in [0, 0.05) is 16.5 Å². The van der Waals surface area contributed by atoms with Crippen molar-refractivity contribution < 1.29 is 28.6 Å². The van der Waals surface area contributed by atoms with Crippen LogP contribution in [-0.4, -0.2) is 37.4 Å². The molecule has 0 aliphatic heterocycles. The first-order valence-corrected chi connectivity index (χ1v) is 9.92. The minimum Gasteiger partial charge on any atom is -0.490 e. The van der Waals surface area contributed by atoms with Crippen molar-refractivity contribution in [2.75, 3.05) is 19.8 Å². The van der Waals surface area contributed by atoms with Crippen molar-refractivity contribution in [1.82, 2.24) is 0 Å². The molecule has 0 atom stereocenters. The molecule has 0 aliphatic rings. The summed E-state index contributed by atoms with van der Waals surface area (Å²) in [5, 5.41) is 0. The fourth-order valence-corrected chi connectivity index (χ4v) is 2.63. The van der Waals surface area contributed by atoms with Gasteiger partial charge < -0.3 is 14.2 Å². The summed E-state index contributed by atoms with van der Waals surface area (Å²) in [4.78, 5) is 37.7. The van der Waals surface area contributed by atoms with Gasteiger partial charge in [0.15, 0.2) is 29.7 Å². The van der Waals surface area contributed by atoms with Gasteiger partial charge >= 0.3 is 5.97 Å². The molecule has 160 valence electrons. The van der Waals surface area contributed by atoms with Crippen LogP contribution in [0.15, 0.2) is 42.5 Å². The third-order valence-corrected chi connectivity index (χ3v) is 4.37. The van der Waals surface area contributed by atoms with Gasteiger partial charge in [-0.05, 0) is 38.1 Å². The molecule has 0 spiro atoms. The first-order chi connectivity index (χ1) is 14.2. The highest BCUT2D eigenvalue weighted by Crippen LogP contribution is 2.30. The van der Waals surface area contributed by atoms with E-state index in [-0.39, 0.29) is 29.3 Å². The Morgan fingerprint density at radius 3 is 2.03 bits per heavy atom. The Balaban J connectivity index is 2.30. The molecule has 0 radical (unpaired) electrons. The largest absolute Gasteiger partial charge is 0.490 e. The van der Waals surface area contributed by atoms with E-state index >= 15 is 0 Å². The summed E-state index contributed by atoms with van der Waals surface area (Å²) in [7, 11) is 0. The number of esters is 1. The molecule has 0 fully saturated rings. The Bertz CT molecular complexity index is 924. The van der Waals surface area contributed by atoms with E-state index in [9.17, 15) is 14.4 Å². The van der Waals surface area contributed by atoms with E-state index in [4.69, 9.17) is 14.2 Å². The van der Waals surface area contributed by atoms with Crippen molar-refractivity contribution in [3.05, 3.63) is 59.2 Å². The molecule has 0 heterocycles. The van der Waals surface area contributed by atoms with Crippen molar-refractivity contribution >= 4 is 17.5 Å². The number of benzene rings is 2. The number of hydrogen-bond donors (Lipinski definition) is 0. The summed E-state index contributed by atoms with van der Waals surface area (Å²) in [6, 6.07) is 11.3. The molecule has 0 N–H and O–H groups in total. The third-order valence-electron chi connectivity index (χ3n) is 4.37. The lowest BCUT2D eigenvalue weighted by Crippen LogP contribution is -2.26. The smallest absolute Gasteiger partial charge is 0.339 e. The first-order valence-electron chi connectivity index (χ1n) is 9.92. The SMILES string of the molecule is CCOc1ccc(C(=O)c2ccccc2C(=O)OCC(=O)C(C)(C)C)cc1OCC. The molecular weight excluding hydrogens is 384 g/mol. The summed E-state index contributed by atoms with van der Waals surface area (Å²) in [5.74, 6) is -0.265.